The molecule has 9 nitrogen and oxygen atoms in total. The van der Waals surface area contributed by atoms with Gasteiger partial charge in [0.05, 0.1) is 30.8 Å². The molecule has 2 amide bonds. The van der Waals surface area contributed by atoms with Gasteiger partial charge in [0.1, 0.15) is 6.61 Å². The number of fused-ring (bicyclic) bond motifs is 2. The fourth-order valence-corrected chi connectivity index (χ4v) is 4.77. The van der Waals surface area contributed by atoms with Crippen molar-refractivity contribution in [3.63, 3.8) is 0 Å². The van der Waals surface area contributed by atoms with Crippen LogP contribution < -0.4 is 5.32 Å². The minimum Gasteiger partial charge on any atom is -0.378 e. The molecule has 0 saturated carbocycles. The Hall–Kier alpha value is -1.97. The lowest BCUT2D eigenvalue weighted by Gasteiger charge is -2.50. The van der Waals surface area contributed by atoms with Crippen LogP contribution in [-0.4, -0.2) is 90.7 Å². The van der Waals surface area contributed by atoms with Gasteiger partial charge in [-0.25, -0.2) is 4.98 Å². The molecule has 9 heteroatoms. The Labute approximate surface area is 164 Å². The van der Waals surface area contributed by atoms with Crippen LogP contribution in [0.2, 0.25) is 0 Å². The molecule has 154 valence electrons. The largest absolute Gasteiger partial charge is 0.378 e. The Bertz CT molecular complexity index is 707. The lowest BCUT2D eigenvalue weighted by Crippen LogP contribution is -2.59. The van der Waals surface area contributed by atoms with Gasteiger partial charge in [0.25, 0.3) is 0 Å². The zero-order chi connectivity index (χ0) is 19.6. The van der Waals surface area contributed by atoms with Crippen molar-refractivity contribution in [2.24, 2.45) is 0 Å². The first-order valence-electron chi connectivity index (χ1n) is 10.0. The molecule has 0 unspecified atom stereocenters. The molecule has 1 aromatic rings. The average molecular weight is 391 g/mol. The third-order valence-corrected chi connectivity index (χ3v) is 6.19. The summed E-state index contributed by atoms with van der Waals surface area (Å²) in [5, 5.41) is 3.34. The van der Waals surface area contributed by atoms with Crippen molar-refractivity contribution in [2.75, 3.05) is 53.1 Å². The first-order valence-corrected chi connectivity index (χ1v) is 10.0. The van der Waals surface area contributed by atoms with E-state index in [2.05, 4.69) is 15.3 Å². The van der Waals surface area contributed by atoms with E-state index in [4.69, 9.17) is 9.47 Å². The first kappa shape index (κ1) is 19.4. The van der Waals surface area contributed by atoms with Crippen LogP contribution in [0.25, 0.3) is 0 Å². The van der Waals surface area contributed by atoms with Crippen LogP contribution in [-0.2, 0) is 31.0 Å². The van der Waals surface area contributed by atoms with Crippen molar-refractivity contribution in [2.45, 2.75) is 37.3 Å². The number of hydrogen-bond donors (Lipinski definition) is 2. The molecule has 0 radical (unpaired) electrons. The van der Waals surface area contributed by atoms with E-state index in [9.17, 15) is 9.59 Å². The molecule has 2 N–H and O–H groups in total. The van der Waals surface area contributed by atoms with Crippen LogP contribution in [0.3, 0.4) is 0 Å². The molecule has 0 aliphatic carbocycles. The van der Waals surface area contributed by atoms with E-state index in [0.29, 0.717) is 52.1 Å². The predicted molar refractivity (Wildman–Crippen MR) is 101 cm³/mol. The van der Waals surface area contributed by atoms with Gasteiger partial charge in [-0.15, -0.1) is 0 Å². The zero-order valence-corrected chi connectivity index (χ0v) is 16.4. The first-order chi connectivity index (χ1) is 13.6. The van der Waals surface area contributed by atoms with Gasteiger partial charge < -0.3 is 29.6 Å². The maximum absolute atomic E-state index is 12.8. The van der Waals surface area contributed by atoms with Crippen LogP contribution in [0.1, 0.15) is 30.7 Å². The Kier molecular flexibility index (Phi) is 5.65. The second-order valence-corrected chi connectivity index (χ2v) is 7.80. The number of piperidine rings is 1. The highest BCUT2D eigenvalue weighted by Crippen LogP contribution is 2.42. The molecule has 3 aliphatic rings. The number of amides is 2. The number of likely N-dealkylation sites (tertiary alicyclic amines) is 1. The molecule has 1 aromatic heterocycles. The maximum Gasteiger partial charge on any atom is 0.249 e. The second-order valence-electron chi connectivity index (χ2n) is 7.80. The number of morpholine rings is 1. The highest BCUT2D eigenvalue weighted by Gasteiger charge is 2.49. The summed E-state index contributed by atoms with van der Waals surface area (Å²) in [7, 11) is 1.54. The Morgan fingerprint density at radius 1 is 1.32 bits per heavy atom. The van der Waals surface area contributed by atoms with Crippen LogP contribution in [0, 0.1) is 0 Å². The summed E-state index contributed by atoms with van der Waals surface area (Å²) in [5.41, 5.74) is 1.61. The Balaban J connectivity index is 1.47. The third kappa shape index (κ3) is 3.54. The topological polar surface area (TPSA) is 99.8 Å². The minimum absolute atomic E-state index is 0.0144. The number of aromatic nitrogens is 2. The fraction of sp³-hybridized carbons (Fsp3) is 0.737. The summed E-state index contributed by atoms with van der Waals surface area (Å²) in [5.74, 6) is 0.130. The fourth-order valence-electron chi connectivity index (χ4n) is 4.77. The molecule has 0 bridgehead atoms. The number of carbonyl (C=O) groups excluding carboxylic acids is 2. The normalized spacial score (nSPS) is 24.2. The van der Waals surface area contributed by atoms with Gasteiger partial charge in [-0.3, -0.25) is 9.59 Å². The number of aromatic amines is 1. The summed E-state index contributed by atoms with van der Waals surface area (Å²) in [4.78, 5) is 37.1. The van der Waals surface area contributed by atoms with Crippen molar-refractivity contribution < 1.29 is 19.1 Å². The Morgan fingerprint density at radius 3 is 2.86 bits per heavy atom. The maximum atomic E-state index is 12.8. The van der Waals surface area contributed by atoms with E-state index in [1.165, 1.54) is 0 Å². The van der Waals surface area contributed by atoms with Crippen molar-refractivity contribution in [1.29, 1.82) is 0 Å². The van der Waals surface area contributed by atoms with E-state index in [1.807, 2.05) is 9.80 Å². The SMILES string of the molecule is COCC(=O)N1CCc2[nH]cnc2C12CCN(C(=O)C[C@H]1COCCN1)CC2. The summed E-state index contributed by atoms with van der Waals surface area (Å²) >= 11 is 0. The summed E-state index contributed by atoms with van der Waals surface area (Å²) < 4.78 is 10.6. The van der Waals surface area contributed by atoms with Gasteiger partial charge in [0.2, 0.25) is 11.8 Å². The van der Waals surface area contributed by atoms with Crippen LogP contribution >= 0.6 is 0 Å². The molecule has 4 heterocycles. The van der Waals surface area contributed by atoms with E-state index in [-0.39, 0.29) is 24.5 Å². The van der Waals surface area contributed by atoms with Crippen LogP contribution in [0.4, 0.5) is 0 Å². The van der Waals surface area contributed by atoms with Gasteiger partial charge in [-0.2, -0.15) is 0 Å². The molecule has 4 rings (SSSR count). The number of H-pyrrole nitrogens is 1. The molecular formula is C19H29N5O4. The number of nitrogens with zero attached hydrogens (tertiary/aromatic N) is 3. The molecule has 1 spiro atoms. The van der Waals surface area contributed by atoms with E-state index in [0.717, 1.165) is 24.4 Å². The standard InChI is InChI=1S/C19H29N5O4/c1-27-12-17(26)24-6-2-15-18(22-13-21-15)19(24)3-7-23(8-4-19)16(25)10-14-11-28-9-5-20-14/h13-14,20H,2-12H2,1H3,(H,21,22)/t14-/m0/s1. The van der Waals surface area contributed by atoms with Crippen molar-refractivity contribution in [3.8, 4) is 0 Å². The van der Waals surface area contributed by atoms with Gasteiger partial charge in [0.15, 0.2) is 0 Å². The highest BCUT2D eigenvalue weighted by atomic mass is 16.5. The summed E-state index contributed by atoms with van der Waals surface area (Å²) in [6.45, 7) is 4.03. The number of nitrogens with one attached hydrogen (secondary N) is 2. The van der Waals surface area contributed by atoms with Crippen molar-refractivity contribution in [1.82, 2.24) is 25.1 Å². The zero-order valence-electron chi connectivity index (χ0n) is 16.4. The minimum atomic E-state index is -0.452. The number of rotatable bonds is 4. The third-order valence-electron chi connectivity index (χ3n) is 6.19. The number of ether oxygens (including phenoxy) is 2. The van der Waals surface area contributed by atoms with Gasteiger partial charge in [-0.1, -0.05) is 0 Å². The van der Waals surface area contributed by atoms with Gasteiger partial charge >= 0.3 is 0 Å². The van der Waals surface area contributed by atoms with Crippen molar-refractivity contribution >= 4 is 11.8 Å². The Morgan fingerprint density at radius 2 is 2.14 bits per heavy atom. The highest BCUT2D eigenvalue weighted by molar-refractivity contribution is 5.79. The smallest absolute Gasteiger partial charge is 0.249 e. The van der Waals surface area contributed by atoms with E-state index >= 15 is 0 Å². The van der Waals surface area contributed by atoms with E-state index < -0.39 is 5.54 Å². The molecule has 0 aromatic carbocycles. The molecule has 2 fully saturated rings. The molecular weight excluding hydrogens is 362 g/mol. The number of carbonyl (C=O) groups is 2. The molecule has 1 atom stereocenters. The van der Waals surface area contributed by atoms with Gasteiger partial charge in [0, 0.05) is 57.9 Å². The van der Waals surface area contributed by atoms with E-state index in [1.54, 1.807) is 13.4 Å². The second kappa shape index (κ2) is 8.18. The number of imidazole rings is 1. The van der Waals surface area contributed by atoms with Crippen LogP contribution in [0.15, 0.2) is 6.33 Å². The van der Waals surface area contributed by atoms with Crippen molar-refractivity contribution in [3.05, 3.63) is 17.7 Å². The average Bonchev–Trinajstić information content (AvgIpc) is 3.20. The molecule has 28 heavy (non-hydrogen) atoms. The number of hydrogen-bond acceptors (Lipinski definition) is 6. The lowest BCUT2D eigenvalue weighted by atomic mass is 9.78. The molecule has 2 saturated heterocycles. The quantitative estimate of drug-likeness (QED) is 0.727. The summed E-state index contributed by atoms with van der Waals surface area (Å²) in [6, 6.07) is 0.0875. The predicted octanol–water partition coefficient (Wildman–Crippen LogP) is -0.363. The number of methoxy groups -OCH3 is 1. The van der Waals surface area contributed by atoms with Crippen LogP contribution in [0.5, 0.6) is 0 Å². The van der Waals surface area contributed by atoms with Gasteiger partial charge in [-0.05, 0) is 12.8 Å². The lowest BCUT2D eigenvalue weighted by molar-refractivity contribution is -0.148. The monoisotopic (exact) mass is 391 g/mol. The molecule has 3 aliphatic heterocycles. The summed E-state index contributed by atoms with van der Waals surface area (Å²) in [6.07, 6.45) is 4.32.